The number of amides is 1. The summed E-state index contributed by atoms with van der Waals surface area (Å²) in [5.74, 6) is 1.23. The Labute approximate surface area is 136 Å². The van der Waals surface area contributed by atoms with Gasteiger partial charge in [0.15, 0.2) is 11.5 Å². The molecule has 0 radical (unpaired) electrons. The van der Waals surface area contributed by atoms with Gasteiger partial charge in [-0.2, -0.15) is 11.3 Å². The normalized spacial score (nSPS) is 12.6. The van der Waals surface area contributed by atoms with E-state index in [4.69, 9.17) is 8.83 Å². The Morgan fingerprint density at radius 1 is 1.30 bits per heavy atom. The smallest absolute Gasteiger partial charge is 0.244 e. The first kappa shape index (κ1) is 15.3. The molecule has 0 saturated heterocycles. The van der Waals surface area contributed by atoms with Crippen LogP contribution in [0.1, 0.15) is 17.4 Å². The molecule has 0 spiro atoms. The number of hydrogen-bond donors (Lipinski definition) is 2. The quantitative estimate of drug-likeness (QED) is 0.679. The van der Waals surface area contributed by atoms with Crippen molar-refractivity contribution in [1.82, 2.24) is 5.32 Å². The zero-order valence-electron chi connectivity index (χ0n) is 12.1. The molecule has 0 aliphatic carbocycles. The minimum Gasteiger partial charge on any atom is -0.461 e. The largest absolute Gasteiger partial charge is 0.461 e. The van der Waals surface area contributed by atoms with Crippen LogP contribution >= 0.6 is 11.3 Å². The minimum absolute atomic E-state index is 0.0674. The molecule has 3 aromatic rings. The summed E-state index contributed by atoms with van der Waals surface area (Å²) in [4.78, 5) is 11.7. The Morgan fingerprint density at radius 2 is 2.22 bits per heavy atom. The van der Waals surface area contributed by atoms with Crippen LogP contribution in [0.15, 0.2) is 62.3 Å². The maximum absolute atomic E-state index is 11.7. The molecule has 3 aromatic heterocycles. The van der Waals surface area contributed by atoms with Crippen LogP contribution in [0.5, 0.6) is 0 Å². The number of thiophene rings is 1. The summed E-state index contributed by atoms with van der Waals surface area (Å²) < 4.78 is 10.8. The molecule has 0 aliphatic rings. The SMILES string of the molecule is O=C(C=Cc1ccsc1)NCC(O)c1ccc(-c2ccco2)o1. The molecule has 0 bridgehead atoms. The topological polar surface area (TPSA) is 75.6 Å². The lowest BCUT2D eigenvalue weighted by Gasteiger charge is -2.08. The molecule has 6 heteroatoms. The Bertz CT molecular complexity index is 772. The fourth-order valence-corrected chi connectivity index (χ4v) is 2.61. The highest BCUT2D eigenvalue weighted by Crippen LogP contribution is 2.25. The van der Waals surface area contributed by atoms with Crippen molar-refractivity contribution in [2.24, 2.45) is 0 Å². The third-order valence-electron chi connectivity index (χ3n) is 3.16. The first-order chi connectivity index (χ1) is 11.2. The van der Waals surface area contributed by atoms with Crippen molar-refractivity contribution in [2.75, 3.05) is 6.54 Å². The Kier molecular flexibility index (Phi) is 4.75. The summed E-state index contributed by atoms with van der Waals surface area (Å²) in [5, 5.41) is 16.6. The zero-order valence-corrected chi connectivity index (χ0v) is 13.0. The Balaban J connectivity index is 1.53. The van der Waals surface area contributed by atoms with E-state index < -0.39 is 6.10 Å². The van der Waals surface area contributed by atoms with Crippen LogP contribution < -0.4 is 5.32 Å². The maximum Gasteiger partial charge on any atom is 0.244 e. The van der Waals surface area contributed by atoms with E-state index in [1.54, 1.807) is 47.9 Å². The molecule has 3 heterocycles. The number of nitrogens with one attached hydrogen (secondary N) is 1. The predicted molar refractivity (Wildman–Crippen MR) is 87.7 cm³/mol. The fraction of sp³-hybridized carbons (Fsp3) is 0.118. The number of aliphatic hydroxyl groups is 1. The van der Waals surface area contributed by atoms with Crippen LogP contribution in [0.3, 0.4) is 0 Å². The Hall–Kier alpha value is -2.57. The van der Waals surface area contributed by atoms with Crippen molar-refractivity contribution in [2.45, 2.75) is 6.10 Å². The highest BCUT2D eigenvalue weighted by Gasteiger charge is 2.14. The van der Waals surface area contributed by atoms with Crippen LogP contribution in [0.2, 0.25) is 0 Å². The summed E-state index contributed by atoms with van der Waals surface area (Å²) in [5.41, 5.74) is 0.972. The summed E-state index contributed by atoms with van der Waals surface area (Å²) in [6, 6.07) is 8.83. The van der Waals surface area contributed by atoms with E-state index in [-0.39, 0.29) is 12.5 Å². The maximum atomic E-state index is 11.7. The molecular weight excluding hydrogens is 314 g/mol. The van der Waals surface area contributed by atoms with E-state index in [0.29, 0.717) is 17.3 Å². The summed E-state index contributed by atoms with van der Waals surface area (Å²) in [6.45, 7) is 0.0674. The second-order valence-corrected chi connectivity index (χ2v) is 5.61. The van der Waals surface area contributed by atoms with Crippen molar-refractivity contribution in [3.8, 4) is 11.5 Å². The number of rotatable bonds is 6. The molecule has 5 nitrogen and oxygen atoms in total. The van der Waals surface area contributed by atoms with E-state index in [1.165, 1.54) is 6.08 Å². The molecule has 0 aliphatic heterocycles. The van der Waals surface area contributed by atoms with Gasteiger partial charge in [-0.15, -0.1) is 0 Å². The van der Waals surface area contributed by atoms with Crippen molar-refractivity contribution in [1.29, 1.82) is 0 Å². The first-order valence-corrected chi connectivity index (χ1v) is 7.96. The van der Waals surface area contributed by atoms with Gasteiger partial charge in [-0.25, -0.2) is 0 Å². The molecule has 2 N–H and O–H groups in total. The van der Waals surface area contributed by atoms with Gasteiger partial charge >= 0.3 is 0 Å². The van der Waals surface area contributed by atoms with E-state index in [0.717, 1.165) is 5.56 Å². The second-order valence-electron chi connectivity index (χ2n) is 4.83. The van der Waals surface area contributed by atoms with Gasteiger partial charge in [-0.05, 0) is 52.7 Å². The van der Waals surface area contributed by atoms with E-state index in [1.807, 2.05) is 16.8 Å². The van der Waals surface area contributed by atoms with Crippen molar-refractivity contribution in [3.63, 3.8) is 0 Å². The molecule has 118 valence electrons. The van der Waals surface area contributed by atoms with Gasteiger partial charge in [0.1, 0.15) is 11.9 Å². The summed E-state index contributed by atoms with van der Waals surface area (Å²) in [7, 11) is 0. The van der Waals surface area contributed by atoms with Gasteiger partial charge < -0.3 is 19.3 Å². The van der Waals surface area contributed by atoms with E-state index in [2.05, 4.69) is 5.32 Å². The van der Waals surface area contributed by atoms with Gasteiger partial charge in [-0.1, -0.05) is 0 Å². The number of hydrogen-bond acceptors (Lipinski definition) is 5. The lowest BCUT2D eigenvalue weighted by molar-refractivity contribution is -0.116. The molecule has 1 amide bonds. The van der Waals surface area contributed by atoms with Crippen LogP contribution in [0.25, 0.3) is 17.6 Å². The van der Waals surface area contributed by atoms with Gasteiger partial charge in [0.05, 0.1) is 12.8 Å². The molecule has 3 rings (SSSR count). The third kappa shape index (κ3) is 4.00. The number of furan rings is 2. The fourth-order valence-electron chi connectivity index (χ4n) is 1.98. The molecule has 1 unspecified atom stereocenters. The Morgan fingerprint density at radius 3 is 2.96 bits per heavy atom. The van der Waals surface area contributed by atoms with Crippen molar-refractivity contribution >= 4 is 23.3 Å². The highest BCUT2D eigenvalue weighted by molar-refractivity contribution is 7.08. The monoisotopic (exact) mass is 329 g/mol. The predicted octanol–water partition coefficient (Wildman–Crippen LogP) is 3.46. The van der Waals surface area contributed by atoms with Gasteiger partial charge in [0.25, 0.3) is 0 Å². The summed E-state index contributed by atoms with van der Waals surface area (Å²) >= 11 is 1.56. The zero-order chi connectivity index (χ0) is 16.1. The van der Waals surface area contributed by atoms with Crippen molar-refractivity contribution < 1.29 is 18.7 Å². The second kappa shape index (κ2) is 7.13. The van der Waals surface area contributed by atoms with Gasteiger partial charge in [0.2, 0.25) is 5.91 Å². The lowest BCUT2D eigenvalue weighted by Crippen LogP contribution is -2.26. The van der Waals surface area contributed by atoms with E-state index >= 15 is 0 Å². The first-order valence-electron chi connectivity index (χ1n) is 7.02. The molecular formula is C17H15NO4S. The molecule has 23 heavy (non-hydrogen) atoms. The highest BCUT2D eigenvalue weighted by atomic mass is 32.1. The minimum atomic E-state index is -0.919. The van der Waals surface area contributed by atoms with Crippen LogP contribution in [0, 0.1) is 0 Å². The van der Waals surface area contributed by atoms with Crippen molar-refractivity contribution in [3.05, 3.63) is 64.8 Å². The lowest BCUT2D eigenvalue weighted by atomic mass is 10.2. The number of aliphatic hydroxyl groups excluding tert-OH is 1. The van der Waals surface area contributed by atoms with Gasteiger partial charge in [0, 0.05) is 6.08 Å². The van der Waals surface area contributed by atoms with Crippen LogP contribution in [-0.4, -0.2) is 17.6 Å². The standard InChI is InChI=1S/C17H15NO4S/c19-13(10-18-17(20)6-3-12-7-9-23-11-12)14-4-5-16(22-14)15-2-1-8-21-15/h1-9,11,13,19H,10H2,(H,18,20). The number of carbonyl (C=O) groups excluding carboxylic acids is 1. The average molecular weight is 329 g/mol. The van der Waals surface area contributed by atoms with Gasteiger partial charge in [-0.3, -0.25) is 4.79 Å². The average Bonchev–Trinajstić information content (AvgIpc) is 3.31. The summed E-state index contributed by atoms with van der Waals surface area (Å²) in [6.07, 6.45) is 3.79. The molecule has 1 atom stereocenters. The molecule has 0 fully saturated rings. The van der Waals surface area contributed by atoms with E-state index in [9.17, 15) is 9.90 Å². The molecule has 0 aromatic carbocycles. The van der Waals surface area contributed by atoms with Crippen LogP contribution in [0.4, 0.5) is 0 Å². The number of carbonyl (C=O) groups is 1. The molecule has 0 saturated carbocycles. The van der Waals surface area contributed by atoms with Crippen LogP contribution in [-0.2, 0) is 4.79 Å². The third-order valence-corrected chi connectivity index (χ3v) is 3.86.